The van der Waals surface area contributed by atoms with E-state index in [4.69, 9.17) is 31.0 Å². The molecule has 170 valence electrons. The van der Waals surface area contributed by atoms with Crippen molar-refractivity contribution in [2.45, 2.75) is 31.7 Å². The molecular formula is C24H25ClN6O2. The van der Waals surface area contributed by atoms with E-state index in [2.05, 4.69) is 15.6 Å². The number of hydrogen-bond acceptors (Lipinski definition) is 7. The van der Waals surface area contributed by atoms with Crippen LogP contribution in [0, 0.1) is 0 Å². The van der Waals surface area contributed by atoms with Crippen molar-refractivity contribution >= 4 is 28.6 Å². The predicted molar refractivity (Wildman–Crippen MR) is 127 cm³/mol. The third kappa shape index (κ3) is 4.57. The molecule has 1 saturated carbocycles. The minimum atomic E-state index is 0.407. The Balaban J connectivity index is 1.39. The monoisotopic (exact) mass is 464 g/mol. The van der Waals surface area contributed by atoms with E-state index in [1.54, 1.807) is 18.9 Å². The molecule has 1 fully saturated rings. The van der Waals surface area contributed by atoms with Crippen LogP contribution in [-0.4, -0.2) is 45.7 Å². The Morgan fingerprint density at radius 2 is 1.88 bits per heavy atom. The molecule has 1 aliphatic rings. The highest BCUT2D eigenvalue weighted by atomic mass is 35.5. The molecule has 2 heterocycles. The zero-order chi connectivity index (χ0) is 22.8. The number of ether oxygens (including phenoxy) is 2. The van der Waals surface area contributed by atoms with Crippen LogP contribution >= 0.6 is 11.6 Å². The molecule has 9 heteroatoms. The van der Waals surface area contributed by atoms with E-state index in [0.717, 1.165) is 53.4 Å². The van der Waals surface area contributed by atoms with Crippen molar-refractivity contribution in [3.05, 3.63) is 64.4 Å². The van der Waals surface area contributed by atoms with E-state index in [1.165, 1.54) is 0 Å². The van der Waals surface area contributed by atoms with Gasteiger partial charge in [0.1, 0.15) is 5.82 Å². The molecule has 1 aliphatic carbocycles. The lowest BCUT2D eigenvalue weighted by Crippen LogP contribution is -2.10. The molecule has 0 aliphatic heterocycles. The molecule has 2 aromatic carbocycles. The maximum absolute atomic E-state index is 6.36. The summed E-state index contributed by atoms with van der Waals surface area (Å²) in [6, 6.07) is 13.7. The molecule has 4 aromatic rings. The fourth-order valence-corrected chi connectivity index (χ4v) is 3.97. The van der Waals surface area contributed by atoms with Gasteiger partial charge in [-0.2, -0.15) is 0 Å². The van der Waals surface area contributed by atoms with E-state index in [0.29, 0.717) is 35.4 Å². The van der Waals surface area contributed by atoms with Gasteiger partial charge in [0.05, 0.1) is 20.8 Å². The minimum absolute atomic E-state index is 0.407. The Morgan fingerprint density at radius 1 is 1.06 bits per heavy atom. The molecule has 2 aromatic heterocycles. The first-order valence-corrected chi connectivity index (χ1v) is 11.3. The first kappa shape index (κ1) is 21.5. The van der Waals surface area contributed by atoms with Gasteiger partial charge in [-0.05, 0) is 48.6 Å². The molecule has 0 saturated heterocycles. The smallest absolute Gasteiger partial charge is 0.184 e. The topological polar surface area (TPSA) is 87.0 Å². The molecule has 0 radical (unpaired) electrons. The van der Waals surface area contributed by atoms with Gasteiger partial charge in [-0.25, -0.2) is 14.6 Å². The van der Waals surface area contributed by atoms with Gasteiger partial charge in [-0.3, -0.25) is 0 Å². The lowest BCUT2D eigenvalue weighted by atomic mass is 10.1. The van der Waals surface area contributed by atoms with Crippen molar-refractivity contribution in [2.75, 3.05) is 26.1 Å². The first-order valence-electron chi connectivity index (χ1n) is 11.0. The first-order chi connectivity index (χ1) is 16.2. The predicted octanol–water partition coefficient (Wildman–Crippen LogP) is 4.47. The number of fused-ring (bicyclic) bond motifs is 1. The van der Waals surface area contributed by atoms with Gasteiger partial charge in [-0.15, -0.1) is 5.10 Å². The van der Waals surface area contributed by atoms with Crippen LogP contribution in [0.4, 0.5) is 5.82 Å². The number of nitrogens with one attached hydrogen (secondary N) is 1. The van der Waals surface area contributed by atoms with Gasteiger partial charge in [0, 0.05) is 17.5 Å². The maximum atomic E-state index is 6.36. The summed E-state index contributed by atoms with van der Waals surface area (Å²) in [4.78, 5) is 9.59. The van der Waals surface area contributed by atoms with Crippen LogP contribution in [0.3, 0.4) is 0 Å². The number of rotatable bonds is 9. The number of nitrogens with zero attached hydrogens (tertiary/aromatic N) is 5. The lowest BCUT2D eigenvalue weighted by molar-refractivity contribution is 0.354. The number of benzene rings is 2. The van der Waals surface area contributed by atoms with Crippen molar-refractivity contribution in [1.82, 2.24) is 25.0 Å². The normalized spacial score (nSPS) is 13.3. The molecule has 1 N–H and O–H groups in total. The fourth-order valence-electron chi connectivity index (χ4n) is 3.78. The average molecular weight is 465 g/mol. The molecule has 0 bridgehead atoms. The summed E-state index contributed by atoms with van der Waals surface area (Å²) in [7, 11) is 3.28. The standard InChI is InChI=1S/C24H25ClN6O2/c1-32-19-10-7-15(13-20(19)33-2)11-12-26-23-21-24(28-22(27-23)16-8-9-16)31(30-29-21)14-17-5-3-4-6-18(17)25/h3-7,10,13,16H,8-9,11-12,14H2,1-2H3,(H,26,27,28). The number of aromatic nitrogens is 5. The SMILES string of the molecule is COc1ccc(CCNc2nc(C3CC3)nc3c2nnn3Cc2ccccc2Cl)cc1OC. The largest absolute Gasteiger partial charge is 0.493 e. The summed E-state index contributed by atoms with van der Waals surface area (Å²) in [5.41, 5.74) is 3.50. The van der Waals surface area contributed by atoms with Crippen LogP contribution in [0.2, 0.25) is 5.02 Å². The van der Waals surface area contributed by atoms with E-state index < -0.39 is 0 Å². The van der Waals surface area contributed by atoms with Crippen molar-refractivity contribution in [1.29, 1.82) is 0 Å². The summed E-state index contributed by atoms with van der Waals surface area (Å²) in [6.45, 7) is 1.19. The van der Waals surface area contributed by atoms with Gasteiger partial charge in [-0.1, -0.05) is 41.1 Å². The van der Waals surface area contributed by atoms with Crippen LogP contribution in [0.5, 0.6) is 11.5 Å². The van der Waals surface area contributed by atoms with Crippen LogP contribution in [0.1, 0.15) is 35.7 Å². The average Bonchev–Trinajstić information content (AvgIpc) is 3.61. The summed E-state index contributed by atoms with van der Waals surface area (Å²) in [6.07, 6.45) is 3.02. The Bertz CT molecular complexity index is 1290. The highest BCUT2D eigenvalue weighted by Gasteiger charge is 2.29. The Kier molecular flexibility index (Phi) is 6.00. The number of methoxy groups -OCH3 is 2. The number of halogens is 1. The molecule has 0 amide bonds. The Labute approximate surface area is 196 Å². The summed E-state index contributed by atoms with van der Waals surface area (Å²) in [5.74, 6) is 3.41. The van der Waals surface area contributed by atoms with Crippen molar-refractivity contribution in [2.24, 2.45) is 0 Å². The minimum Gasteiger partial charge on any atom is -0.493 e. The van der Waals surface area contributed by atoms with Crippen molar-refractivity contribution in [3.8, 4) is 11.5 Å². The van der Waals surface area contributed by atoms with Crippen LogP contribution in [0.15, 0.2) is 42.5 Å². The maximum Gasteiger partial charge on any atom is 0.184 e. The second kappa shape index (κ2) is 9.23. The van der Waals surface area contributed by atoms with E-state index >= 15 is 0 Å². The van der Waals surface area contributed by atoms with Gasteiger partial charge in [0.15, 0.2) is 28.5 Å². The van der Waals surface area contributed by atoms with E-state index in [9.17, 15) is 0 Å². The molecule has 0 unspecified atom stereocenters. The zero-order valence-corrected chi connectivity index (χ0v) is 19.3. The molecule has 0 spiro atoms. The molecule has 33 heavy (non-hydrogen) atoms. The second-order valence-electron chi connectivity index (χ2n) is 8.08. The molecular weight excluding hydrogens is 440 g/mol. The van der Waals surface area contributed by atoms with Gasteiger partial charge < -0.3 is 14.8 Å². The molecule has 0 atom stereocenters. The van der Waals surface area contributed by atoms with Crippen LogP contribution < -0.4 is 14.8 Å². The molecule has 5 rings (SSSR count). The summed E-state index contributed by atoms with van der Waals surface area (Å²) in [5, 5.41) is 12.9. The van der Waals surface area contributed by atoms with Crippen molar-refractivity contribution < 1.29 is 9.47 Å². The number of hydrogen-bond donors (Lipinski definition) is 1. The van der Waals surface area contributed by atoms with E-state index in [-0.39, 0.29) is 0 Å². The van der Waals surface area contributed by atoms with Crippen molar-refractivity contribution in [3.63, 3.8) is 0 Å². The highest BCUT2D eigenvalue weighted by Crippen LogP contribution is 2.39. The quantitative estimate of drug-likeness (QED) is 0.391. The van der Waals surface area contributed by atoms with Crippen LogP contribution in [-0.2, 0) is 13.0 Å². The highest BCUT2D eigenvalue weighted by molar-refractivity contribution is 6.31. The van der Waals surface area contributed by atoms with E-state index in [1.807, 2.05) is 42.5 Å². The lowest BCUT2D eigenvalue weighted by Gasteiger charge is -2.11. The Hall–Kier alpha value is -3.39. The fraction of sp³-hybridized carbons (Fsp3) is 0.333. The van der Waals surface area contributed by atoms with Gasteiger partial charge in [0.25, 0.3) is 0 Å². The van der Waals surface area contributed by atoms with Gasteiger partial charge in [0.2, 0.25) is 0 Å². The third-order valence-corrected chi connectivity index (χ3v) is 6.12. The third-order valence-electron chi connectivity index (χ3n) is 5.75. The van der Waals surface area contributed by atoms with Crippen LogP contribution in [0.25, 0.3) is 11.2 Å². The summed E-state index contributed by atoms with van der Waals surface area (Å²) >= 11 is 6.36. The zero-order valence-electron chi connectivity index (χ0n) is 18.6. The second-order valence-corrected chi connectivity index (χ2v) is 8.49. The summed E-state index contributed by atoms with van der Waals surface area (Å²) < 4.78 is 12.5. The van der Waals surface area contributed by atoms with Gasteiger partial charge >= 0.3 is 0 Å². The molecule has 8 nitrogen and oxygen atoms in total. The number of anilines is 1. The Morgan fingerprint density at radius 3 is 2.64 bits per heavy atom.